The molecule has 0 atom stereocenters. The normalized spacial score (nSPS) is 11.6. The Hall–Kier alpha value is -5.79. The molecule has 12 heteroatoms. The Kier molecular flexibility index (Phi) is 11.5. The molecule has 10 nitrogen and oxygen atoms in total. The fourth-order valence-electron chi connectivity index (χ4n) is 6.87. The lowest BCUT2D eigenvalue weighted by atomic mass is 10.0. The van der Waals surface area contributed by atoms with Crippen molar-refractivity contribution in [1.29, 1.82) is 0 Å². The Bertz CT molecular complexity index is 2860. The predicted molar refractivity (Wildman–Crippen MR) is 223 cm³/mol. The maximum absolute atomic E-state index is 11.4. The number of primary sulfonamides is 2. The lowest BCUT2D eigenvalue weighted by molar-refractivity contribution is 0.112. The number of sulfonamides is 2. The number of rotatable bonds is 8. The molecule has 0 saturated carbocycles. The number of aldehydes is 1. The SMILES string of the molecule is CCn1c2ccccc2c2cc(C=O)ccc21.CCn1c2ccccc2c2cc(CCc3ccc(S(N)(=O)=O)cc3)ccc21.Nc1ccc(S(N)(=O)=O)cc1. The first kappa shape index (κ1) is 38.9. The van der Waals surface area contributed by atoms with E-state index in [1.54, 1.807) is 12.1 Å². The third kappa shape index (κ3) is 8.63. The number of fused-ring (bicyclic) bond motifs is 6. The second-order valence-corrected chi connectivity index (χ2v) is 16.2. The maximum Gasteiger partial charge on any atom is 0.238 e. The van der Waals surface area contributed by atoms with Gasteiger partial charge in [-0.25, -0.2) is 27.1 Å². The van der Waals surface area contributed by atoms with Gasteiger partial charge in [0, 0.05) is 68.0 Å². The van der Waals surface area contributed by atoms with E-state index in [-0.39, 0.29) is 9.79 Å². The van der Waals surface area contributed by atoms with Crippen molar-refractivity contribution in [3.8, 4) is 0 Å². The molecular weight excluding hydrogens is 731 g/mol. The summed E-state index contributed by atoms with van der Waals surface area (Å²) in [4.78, 5) is 11.1. The van der Waals surface area contributed by atoms with Crippen LogP contribution in [0, 0.1) is 0 Å². The number of anilines is 1. The first-order chi connectivity index (χ1) is 26.3. The number of nitrogen functional groups attached to an aromatic ring is 1. The Morgan fingerprint density at radius 3 is 1.42 bits per heavy atom. The quantitative estimate of drug-likeness (QED) is 0.105. The number of aromatic nitrogens is 2. The fraction of sp³-hybridized carbons (Fsp3) is 0.140. The van der Waals surface area contributed by atoms with Gasteiger partial charge in [0.05, 0.1) is 9.79 Å². The monoisotopic (exact) mass is 773 g/mol. The van der Waals surface area contributed by atoms with Crippen LogP contribution >= 0.6 is 0 Å². The lowest BCUT2D eigenvalue weighted by Gasteiger charge is -2.06. The van der Waals surface area contributed by atoms with E-state index in [9.17, 15) is 21.6 Å². The molecule has 6 aromatic carbocycles. The van der Waals surface area contributed by atoms with Crippen LogP contribution in [-0.2, 0) is 46.0 Å². The van der Waals surface area contributed by atoms with Gasteiger partial charge in [0.2, 0.25) is 20.0 Å². The van der Waals surface area contributed by atoms with Gasteiger partial charge >= 0.3 is 0 Å². The number of nitrogens with zero attached hydrogens (tertiary/aromatic N) is 2. The zero-order valence-electron chi connectivity index (χ0n) is 30.6. The number of nitrogens with two attached hydrogens (primary N) is 3. The van der Waals surface area contributed by atoms with Gasteiger partial charge in [-0.15, -0.1) is 0 Å². The van der Waals surface area contributed by atoms with E-state index >= 15 is 0 Å². The third-order valence-corrected chi connectivity index (χ3v) is 11.4. The zero-order valence-corrected chi connectivity index (χ0v) is 32.2. The number of hydrogen-bond acceptors (Lipinski definition) is 6. The van der Waals surface area contributed by atoms with Crippen molar-refractivity contribution in [2.75, 3.05) is 5.73 Å². The molecule has 8 rings (SSSR count). The molecule has 0 bridgehead atoms. The average Bonchev–Trinajstić information content (AvgIpc) is 3.68. The van der Waals surface area contributed by atoms with Gasteiger partial charge < -0.3 is 14.9 Å². The van der Waals surface area contributed by atoms with Gasteiger partial charge in [-0.3, -0.25) is 4.79 Å². The van der Waals surface area contributed by atoms with Crippen LogP contribution in [0.2, 0.25) is 0 Å². The van der Waals surface area contributed by atoms with E-state index in [1.165, 1.54) is 68.1 Å². The van der Waals surface area contributed by atoms with Crippen LogP contribution in [0.1, 0.15) is 35.3 Å². The number of carbonyl (C=O) groups excluding carboxylic acids is 1. The topological polar surface area (TPSA) is 173 Å². The van der Waals surface area contributed by atoms with Crippen LogP contribution in [0.3, 0.4) is 0 Å². The zero-order chi connectivity index (χ0) is 39.3. The predicted octanol–water partition coefficient (Wildman–Crippen LogP) is 7.79. The van der Waals surface area contributed by atoms with Gasteiger partial charge in [0.15, 0.2) is 0 Å². The highest BCUT2D eigenvalue weighted by molar-refractivity contribution is 7.89. The highest BCUT2D eigenvalue weighted by Crippen LogP contribution is 2.31. The number of hydrogen-bond donors (Lipinski definition) is 3. The van der Waals surface area contributed by atoms with E-state index in [1.807, 2.05) is 42.5 Å². The number of para-hydroxylation sites is 2. The van der Waals surface area contributed by atoms with Crippen LogP contribution in [0.5, 0.6) is 0 Å². The van der Waals surface area contributed by atoms with Crippen LogP contribution in [-0.4, -0.2) is 32.3 Å². The molecule has 55 heavy (non-hydrogen) atoms. The van der Waals surface area contributed by atoms with Gasteiger partial charge in [0.1, 0.15) is 6.29 Å². The minimum atomic E-state index is -3.63. The molecule has 0 fully saturated rings. The van der Waals surface area contributed by atoms with Crippen molar-refractivity contribution < 1.29 is 21.6 Å². The highest BCUT2D eigenvalue weighted by atomic mass is 32.2. The Morgan fingerprint density at radius 1 is 0.509 bits per heavy atom. The third-order valence-electron chi connectivity index (χ3n) is 9.56. The molecule has 0 aliphatic heterocycles. The minimum Gasteiger partial charge on any atom is -0.399 e. The summed E-state index contributed by atoms with van der Waals surface area (Å²) in [6.07, 6.45) is 2.65. The fourth-order valence-corrected chi connectivity index (χ4v) is 7.91. The van der Waals surface area contributed by atoms with Crippen LogP contribution in [0.15, 0.2) is 143 Å². The van der Waals surface area contributed by atoms with Gasteiger partial charge in [-0.2, -0.15) is 0 Å². The Morgan fingerprint density at radius 2 is 0.927 bits per heavy atom. The second kappa shape index (κ2) is 16.3. The standard InChI is InChI=1S/C22H22N2O2S.C15H13NO.C6H8N2O2S/c1-2-24-21-6-4-3-5-19(21)20-15-17(11-14-22(20)24)8-7-16-9-12-18(13-10-16)27(23,25)26;1-2-16-14-6-4-3-5-12(14)13-9-11(10-17)7-8-15(13)16;7-5-1-3-6(4-2-5)11(8,9)10/h3-6,9-15H,2,7-8H2,1H3,(H2,23,25,26);3-10H,2H2,1H3;1-4H,7H2,(H2,8,9,10). The number of carbonyl (C=O) groups is 1. The highest BCUT2D eigenvalue weighted by Gasteiger charge is 2.12. The molecule has 0 aliphatic rings. The van der Waals surface area contributed by atoms with Crippen LogP contribution in [0.4, 0.5) is 5.69 Å². The summed E-state index contributed by atoms with van der Waals surface area (Å²) in [7, 11) is -7.21. The number of aryl methyl sites for hydroxylation is 4. The summed E-state index contributed by atoms with van der Waals surface area (Å²) >= 11 is 0. The summed E-state index contributed by atoms with van der Waals surface area (Å²) in [6.45, 7) is 6.19. The molecule has 0 spiro atoms. The van der Waals surface area contributed by atoms with E-state index in [4.69, 9.17) is 16.0 Å². The largest absolute Gasteiger partial charge is 0.399 e. The molecule has 0 amide bonds. The summed E-state index contributed by atoms with van der Waals surface area (Å²) < 4.78 is 48.7. The molecule has 0 radical (unpaired) electrons. The Labute approximate surface area is 320 Å². The Balaban J connectivity index is 0.000000156. The molecule has 0 unspecified atom stereocenters. The first-order valence-corrected chi connectivity index (χ1v) is 20.9. The van der Waals surface area contributed by atoms with Gasteiger partial charge in [-0.05, 0) is 117 Å². The van der Waals surface area contributed by atoms with Gasteiger partial charge in [0.25, 0.3) is 0 Å². The van der Waals surface area contributed by atoms with Crippen molar-refractivity contribution in [1.82, 2.24) is 9.13 Å². The summed E-state index contributed by atoms with van der Waals surface area (Å²) in [5.41, 5.74) is 13.9. The van der Waals surface area contributed by atoms with Crippen molar-refractivity contribution >= 4 is 75.6 Å². The van der Waals surface area contributed by atoms with E-state index in [0.717, 1.165) is 48.7 Å². The molecule has 6 N–H and O–H groups in total. The van der Waals surface area contributed by atoms with E-state index in [2.05, 4.69) is 77.6 Å². The molecule has 0 aliphatic carbocycles. The molecule has 8 aromatic rings. The second-order valence-electron chi connectivity index (χ2n) is 13.1. The summed E-state index contributed by atoms with van der Waals surface area (Å²) in [6, 6.07) is 41.9. The lowest BCUT2D eigenvalue weighted by Crippen LogP contribution is -2.11. The van der Waals surface area contributed by atoms with E-state index < -0.39 is 20.0 Å². The molecule has 282 valence electrons. The minimum absolute atomic E-state index is 0.0756. The molecule has 0 saturated heterocycles. The van der Waals surface area contributed by atoms with Crippen molar-refractivity contribution in [3.05, 3.63) is 150 Å². The van der Waals surface area contributed by atoms with Gasteiger partial charge in [-0.1, -0.05) is 54.6 Å². The smallest absolute Gasteiger partial charge is 0.238 e. The van der Waals surface area contributed by atoms with Crippen LogP contribution < -0.4 is 16.0 Å². The summed E-state index contributed by atoms with van der Waals surface area (Å²) in [5, 5.41) is 14.9. The molecular formula is C43H43N5O5S2. The van der Waals surface area contributed by atoms with Crippen molar-refractivity contribution in [2.24, 2.45) is 10.3 Å². The van der Waals surface area contributed by atoms with Crippen molar-refractivity contribution in [3.63, 3.8) is 0 Å². The first-order valence-electron chi connectivity index (χ1n) is 17.8. The maximum atomic E-state index is 11.4. The molecule has 2 heterocycles. The van der Waals surface area contributed by atoms with Crippen LogP contribution in [0.25, 0.3) is 43.6 Å². The summed E-state index contributed by atoms with van der Waals surface area (Å²) in [5.74, 6) is 0. The number of benzene rings is 6. The molecule has 2 aromatic heterocycles. The van der Waals surface area contributed by atoms with E-state index in [0.29, 0.717) is 5.69 Å². The van der Waals surface area contributed by atoms with Crippen molar-refractivity contribution in [2.45, 2.75) is 49.6 Å². The average molecular weight is 774 g/mol.